The molecule has 0 spiro atoms. The molecule has 0 aromatic heterocycles. The summed E-state index contributed by atoms with van der Waals surface area (Å²) in [5, 5.41) is 2.88. The maximum Gasteiger partial charge on any atom is 0.223 e. The SMILES string of the molecule is O=C1CCCOC/C=C\CCC(=O)N(Cc2ccccc2)CCN1. The predicted molar refractivity (Wildman–Crippen MR) is 93.3 cm³/mol. The highest BCUT2D eigenvalue weighted by atomic mass is 16.5. The largest absolute Gasteiger partial charge is 0.377 e. The maximum atomic E-state index is 12.5. The molecule has 0 bridgehead atoms. The number of hydrogen-bond donors (Lipinski definition) is 1. The standard InChI is InChI=1S/C19H26N2O3/c22-18-10-7-15-24-14-6-2-5-11-19(23)21(13-12-20-18)16-17-8-3-1-4-9-17/h1-4,6,8-9H,5,7,10-16H2,(H,20,22)/b6-2-. The molecule has 5 heteroatoms. The molecule has 2 amide bonds. The Morgan fingerprint density at radius 1 is 1.08 bits per heavy atom. The second-order valence-corrected chi connectivity index (χ2v) is 5.84. The van der Waals surface area contributed by atoms with Crippen LogP contribution in [0.1, 0.15) is 31.2 Å². The lowest BCUT2D eigenvalue weighted by Crippen LogP contribution is -2.38. The molecule has 130 valence electrons. The Morgan fingerprint density at radius 3 is 2.75 bits per heavy atom. The lowest BCUT2D eigenvalue weighted by atomic mass is 10.2. The van der Waals surface area contributed by atoms with Crippen LogP contribution in [0.5, 0.6) is 0 Å². The fraction of sp³-hybridized carbons (Fsp3) is 0.474. The van der Waals surface area contributed by atoms with Gasteiger partial charge >= 0.3 is 0 Å². The van der Waals surface area contributed by atoms with Gasteiger partial charge in [0.15, 0.2) is 0 Å². The van der Waals surface area contributed by atoms with E-state index in [-0.39, 0.29) is 11.8 Å². The van der Waals surface area contributed by atoms with Crippen LogP contribution in [-0.4, -0.2) is 43.0 Å². The van der Waals surface area contributed by atoms with Gasteiger partial charge < -0.3 is 15.0 Å². The smallest absolute Gasteiger partial charge is 0.223 e. The number of amides is 2. The van der Waals surface area contributed by atoms with Crippen molar-refractivity contribution in [3.8, 4) is 0 Å². The summed E-state index contributed by atoms with van der Waals surface area (Å²) >= 11 is 0. The normalized spacial score (nSPS) is 19.9. The fourth-order valence-electron chi connectivity index (χ4n) is 2.55. The Labute approximate surface area is 143 Å². The van der Waals surface area contributed by atoms with Gasteiger partial charge in [-0.15, -0.1) is 0 Å². The highest BCUT2D eigenvalue weighted by Crippen LogP contribution is 2.07. The summed E-state index contributed by atoms with van der Waals surface area (Å²) in [4.78, 5) is 26.1. The first-order valence-corrected chi connectivity index (χ1v) is 8.57. The number of ether oxygens (including phenoxy) is 1. The molecule has 5 nitrogen and oxygen atoms in total. The summed E-state index contributed by atoms with van der Waals surface area (Å²) in [5.41, 5.74) is 1.10. The molecule has 1 aliphatic rings. The minimum Gasteiger partial charge on any atom is -0.377 e. The summed E-state index contributed by atoms with van der Waals surface area (Å²) < 4.78 is 5.42. The lowest BCUT2D eigenvalue weighted by Gasteiger charge is -2.23. The number of carbonyl (C=O) groups excluding carboxylic acids is 2. The van der Waals surface area contributed by atoms with E-state index in [1.165, 1.54) is 0 Å². The Hall–Kier alpha value is -2.14. The molecule has 24 heavy (non-hydrogen) atoms. The van der Waals surface area contributed by atoms with E-state index in [0.717, 1.165) is 5.56 Å². The van der Waals surface area contributed by atoms with Gasteiger partial charge in [0.2, 0.25) is 11.8 Å². The Kier molecular flexibility index (Phi) is 8.04. The third-order valence-corrected chi connectivity index (χ3v) is 3.87. The van der Waals surface area contributed by atoms with Crippen molar-refractivity contribution >= 4 is 11.8 Å². The first-order valence-electron chi connectivity index (χ1n) is 8.57. The molecule has 0 fully saturated rings. The number of hydrogen-bond acceptors (Lipinski definition) is 3. The maximum absolute atomic E-state index is 12.5. The van der Waals surface area contributed by atoms with Crippen LogP contribution in [0, 0.1) is 0 Å². The van der Waals surface area contributed by atoms with Gasteiger partial charge in [-0.05, 0) is 18.4 Å². The Morgan fingerprint density at radius 2 is 1.92 bits per heavy atom. The summed E-state index contributed by atoms with van der Waals surface area (Å²) in [6.45, 7) is 2.69. The quantitative estimate of drug-likeness (QED) is 0.847. The molecule has 1 N–H and O–H groups in total. The minimum absolute atomic E-state index is 0.0103. The Balaban J connectivity index is 1.97. The number of nitrogens with one attached hydrogen (secondary N) is 1. The Bertz CT molecular complexity index is 543. The summed E-state index contributed by atoms with van der Waals surface area (Å²) in [5.74, 6) is 0.115. The highest BCUT2D eigenvalue weighted by molar-refractivity contribution is 5.77. The molecule has 0 unspecified atom stereocenters. The third-order valence-electron chi connectivity index (χ3n) is 3.87. The second-order valence-electron chi connectivity index (χ2n) is 5.84. The first-order chi connectivity index (χ1) is 11.8. The zero-order chi connectivity index (χ0) is 17.0. The molecule has 0 saturated heterocycles. The van der Waals surface area contributed by atoms with Crippen LogP contribution in [0.3, 0.4) is 0 Å². The van der Waals surface area contributed by atoms with Crippen molar-refractivity contribution in [2.75, 3.05) is 26.3 Å². The van der Waals surface area contributed by atoms with Gasteiger partial charge in [0.25, 0.3) is 0 Å². The van der Waals surface area contributed by atoms with Crippen molar-refractivity contribution in [3.05, 3.63) is 48.0 Å². The molecule has 0 atom stereocenters. The van der Waals surface area contributed by atoms with E-state index < -0.39 is 0 Å². The second kappa shape index (κ2) is 10.6. The molecule has 1 aromatic carbocycles. The number of carbonyl (C=O) groups is 2. The minimum atomic E-state index is 0.0103. The molecule has 0 aliphatic carbocycles. The van der Waals surface area contributed by atoms with Crippen molar-refractivity contribution in [1.29, 1.82) is 0 Å². The first kappa shape index (κ1) is 18.2. The third kappa shape index (κ3) is 6.96. The average Bonchev–Trinajstić information content (AvgIpc) is 2.60. The van der Waals surface area contributed by atoms with E-state index in [1.807, 2.05) is 47.4 Å². The van der Waals surface area contributed by atoms with Crippen molar-refractivity contribution in [3.63, 3.8) is 0 Å². The van der Waals surface area contributed by atoms with Gasteiger partial charge in [-0.25, -0.2) is 0 Å². The van der Waals surface area contributed by atoms with E-state index in [1.54, 1.807) is 0 Å². The van der Waals surface area contributed by atoms with Crippen molar-refractivity contribution in [2.24, 2.45) is 0 Å². The van der Waals surface area contributed by atoms with E-state index in [4.69, 9.17) is 4.74 Å². The molecule has 0 radical (unpaired) electrons. The van der Waals surface area contributed by atoms with Crippen LogP contribution >= 0.6 is 0 Å². The van der Waals surface area contributed by atoms with E-state index >= 15 is 0 Å². The van der Waals surface area contributed by atoms with Crippen LogP contribution in [-0.2, 0) is 20.9 Å². The van der Waals surface area contributed by atoms with Crippen LogP contribution in [0.2, 0.25) is 0 Å². The van der Waals surface area contributed by atoms with Crippen molar-refractivity contribution in [1.82, 2.24) is 10.2 Å². The molecule has 1 aromatic rings. The summed E-state index contributed by atoms with van der Waals surface area (Å²) in [6, 6.07) is 9.93. The van der Waals surface area contributed by atoms with Gasteiger partial charge in [-0.1, -0.05) is 42.5 Å². The van der Waals surface area contributed by atoms with E-state index in [0.29, 0.717) is 58.5 Å². The number of benzene rings is 1. The predicted octanol–water partition coefficient (Wildman–Crippen LogP) is 2.28. The lowest BCUT2D eigenvalue weighted by molar-refractivity contribution is -0.132. The molecule has 2 rings (SSSR count). The summed E-state index contributed by atoms with van der Waals surface area (Å²) in [7, 11) is 0. The van der Waals surface area contributed by atoms with Crippen LogP contribution in [0.4, 0.5) is 0 Å². The van der Waals surface area contributed by atoms with Crippen LogP contribution < -0.4 is 5.32 Å². The highest BCUT2D eigenvalue weighted by Gasteiger charge is 2.13. The van der Waals surface area contributed by atoms with Gasteiger partial charge in [0.05, 0.1) is 6.61 Å². The fourth-order valence-corrected chi connectivity index (χ4v) is 2.55. The van der Waals surface area contributed by atoms with Crippen molar-refractivity contribution in [2.45, 2.75) is 32.2 Å². The van der Waals surface area contributed by atoms with E-state index in [9.17, 15) is 9.59 Å². The topological polar surface area (TPSA) is 58.6 Å². The van der Waals surface area contributed by atoms with Crippen molar-refractivity contribution < 1.29 is 14.3 Å². The molecular weight excluding hydrogens is 304 g/mol. The van der Waals surface area contributed by atoms with Gasteiger partial charge in [-0.2, -0.15) is 0 Å². The molecule has 1 aliphatic heterocycles. The monoisotopic (exact) mass is 330 g/mol. The number of allylic oxidation sites excluding steroid dienone is 1. The number of nitrogens with zero attached hydrogens (tertiary/aromatic N) is 1. The number of rotatable bonds is 2. The molecular formula is C19H26N2O3. The molecule has 0 saturated carbocycles. The molecule has 1 heterocycles. The zero-order valence-electron chi connectivity index (χ0n) is 14.1. The van der Waals surface area contributed by atoms with Crippen LogP contribution in [0.15, 0.2) is 42.5 Å². The van der Waals surface area contributed by atoms with Gasteiger partial charge in [0.1, 0.15) is 0 Å². The van der Waals surface area contributed by atoms with Gasteiger partial charge in [0, 0.05) is 39.1 Å². The van der Waals surface area contributed by atoms with Crippen LogP contribution in [0.25, 0.3) is 0 Å². The zero-order valence-corrected chi connectivity index (χ0v) is 14.1. The van der Waals surface area contributed by atoms with Gasteiger partial charge in [-0.3, -0.25) is 9.59 Å². The van der Waals surface area contributed by atoms with E-state index in [2.05, 4.69) is 5.32 Å². The average molecular weight is 330 g/mol. The summed E-state index contributed by atoms with van der Waals surface area (Å²) in [6.07, 6.45) is 6.27.